The number of aromatic nitrogens is 2. The summed E-state index contributed by atoms with van der Waals surface area (Å²) in [5, 5.41) is 26.4. The van der Waals surface area contributed by atoms with Crippen LogP contribution in [0.25, 0.3) is 5.69 Å². The molecule has 0 bridgehead atoms. The molecular weight excluding hydrogens is 258 g/mol. The number of amides is 1. The maximum Gasteiger partial charge on any atom is 0.216 e. The van der Waals surface area contributed by atoms with Gasteiger partial charge in [-0.2, -0.15) is 5.10 Å². The maximum absolute atomic E-state index is 10.8. The molecule has 2 aromatic rings. The highest BCUT2D eigenvalue weighted by molar-refractivity contribution is 5.72. The van der Waals surface area contributed by atoms with Gasteiger partial charge in [-0.1, -0.05) is 18.2 Å². The van der Waals surface area contributed by atoms with Crippen LogP contribution in [0.4, 0.5) is 0 Å². The van der Waals surface area contributed by atoms with E-state index >= 15 is 0 Å². The first kappa shape index (κ1) is 14.2. The third-order valence-corrected chi connectivity index (χ3v) is 2.89. The SMILES string of the molecule is CC(=O)NCC(O)C(O)c1cnn(-c2ccccc2)c1. The molecule has 1 aromatic carbocycles. The lowest BCUT2D eigenvalue weighted by Crippen LogP contribution is -2.34. The minimum Gasteiger partial charge on any atom is -0.388 e. The van der Waals surface area contributed by atoms with Crippen LogP contribution in [0.5, 0.6) is 0 Å². The molecule has 0 spiro atoms. The smallest absolute Gasteiger partial charge is 0.216 e. The zero-order chi connectivity index (χ0) is 14.5. The van der Waals surface area contributed by atoms with Crippen LogP contribution in [-0.2, 0) is 4.79 Å². The van der Waals surface area contributed by atoms with Gasteiger partial charge in [-0.15, -0.1) is 0 Å². The molecule has 2 rings (SSSR count). The van der Waals surface area contributed by atoms with Crippen LogP contribution in [0.3, 0.4) is 0 Å². The lowest BCUT2D eigenvalue weighted by molar-refractivity contribution is -0.119. The van der Waals surface area contributed by atoms with Crippen LogP contribution in [0.2, 0.25) is 0 Å². The summed E-state index contributed by atoms with van der Waals surface area (Å²) < 4.78 is 1.61. The van der Waals surface area contributed by atoms with Gasteiger partial charge in [0.25, 0.3) is 0 Å². The van der Waals surface area contributed by atoms with Crippen molar-refractivity contribution in [2.75, 3.05) is 6.54 Å². The molecule has 0 aliphatic carbocycles. The van der Waals surface area contributed by atoms with Gasteiger partial charge in [0.05, 0.1) is 11.9 Å². The summed E-state index contributed by atoms with van der Waals surface area (Å²) in [5.41, 5.74) is 1.36. The average molecular weight is 275 g/mol. The van der Waals surface area contributed by atoms with Gasteiger partial charge in [0, 0.05) is 25.2 Å². The highest BCUT2D eigenvalue weighted by Crippen LogP contribution is 2.17. The first-order valence-electron chi connectivity index (χ1n) is 6.28. The van der Waals surface area contributed by atoms with Crippen LogP contribution in [0.15, 0.2) is 42.7 Å². The molecule has 6 heteroatoms. The molecular formula is C14H17N3O3. The number of aliphatic hydroxyl groups is 2. The van der Waals surface area contributed by atoms with E-state index in [1.54, 1.807) is 10.9 Å². The Balaban J connectivity index is 2.06. The number of benzene rings is 1. The average Bonchev–Trinajstić information content (AvgIpc) is 2.94. The lowest BCUT2D eigenvalue weighted by Gasteiger charge is -2.16. The Bertz CT molecular complexity index is 568. The second kappa shape index (κ2) is 6.31. The minimum atomic E-state index is -1.10. The van der Waals surface area contributed by atoms with Crippen LogP contribution >= 0.6 is 0 Å². The minimum absolute atomic E-state index is 0.00693. The molecule has 0 fully saturated rings. The van der Waals surface area contributed by atoms with Crippen LogP contribution < -0.4 is 5.32 Å². The summed E-state index contributed by atoms with van der Waals surface area (Å²) in [6.45, 7) is 1.35. The largest absolute Gasteiger partial charge is 0.388 e. The summed E-state index contributed by atoms with van der Waals surface area (Å²) >= 11 is 0. The zero-order valence-corrected chi connectivity index (χ0v) is 11.1. The van der Waals surface area contributed by atoms with Crippen molar-refractivity contribution in [3.05, 3.63) is 48.3 Å². The molecule has 2 atom stereocenters. The van der Waals surface area contributed by atoms with Gasteiger partial charge < -0.3 is 15.5 Å². The Kier molecular flexibility index (Phi) is 4.49. The Morgan fingerprint density at radius 1 is 1.35 bits per heavy atom. The molecule has 106 valence electrons. The third-order valence-electron chi connectivity index (χ3n) is 2.89. The molecule has 0 aliphatic rings. The van der Waals surface area contributed by atoms with E-state index in [1.165, 1.54) is 13.1 Å². The van der Waals surface area contributed by atoms with Crippen LogP contribution in [-0.4, -0.2) is 38.5 Å². The van der Waals surface area contributed by atoms with Crippen molar-refractivity contribution in [1.82, 2.24) is 15.1 Å². The van der Waals surface area contributed by atoms with E-state index < -0.39 is 12.2 Å². The fourth-order valence-electron chi connectivity index (χ4n) is 1.79. The lowest BCUT2D eigenvalue weighted by atomic mass is 10.1. The number of nitrogens with one attached hydrogen (secondary N) is 1. The highest BCUT2D eigenvalue weighted by atomic mass is 16.3. The quantitative estimate of drug-likeness (QED) is 0.737. The van der Waals surface area contributed by atoms with E-state index in [-0.39, 0.29) is 12.5 Å². The van der Waals surface area contributed by atoms with Crippen LogP contribution in [0, 0.1) is 0 Å². The van der Waals surface area contributed by atoms with Crippen LogP contribution in [0.1, 0.15) is 18.6 Å². The van der Waals surface area contributed by atoms with Crippen molar-refractivity contribution in [2.45, 2.75) is 19.1 Å². The van der Waals surface area contributed by atoms with Crippen molar-refractivity contribution in [3.63, 3.8) is 0 Å². The Morgan fingerprint density at radius 3 is 2.70 bits per heavy atom. The topological polar surface area (TPSA) is 87.4 Å². The number of nitrogens with zero attached hydrogens (tertiary/aromatic N) is 2. The number of carbonyl (C=O) groups is 1. The highest BCUT2D eigenvalue weighted by Gasteiger charge is 2.20. The van der Waals surface area contributed by atoms with E-state index in [9.17, 15) is 15.0 Å². The number of carbonyl (C=O) groups excluding carboxylic acids is 1. The summed E-state index contributed by atoms with van der Waals surface area (Å²) in [7, 11) is 0. The third kappa shape index (κ3) is 3.43. The van der Waals surface area contributed by atoms with Gasteiger partial charge in [0.1, 0.15) is 12.2 Å². The van der Waals surface area contributed by atoms with E-state index in [0.717, 1.165) is 5.69 Å². The molecule has 0 radical (unpaired) electrons. The number of aliphatic hydroxyl groups excluding tert-OH is 2. The van der Waals surface area contributed by atoms with Gasteiger partial charge in [-0.3, -0.25) is 4.79 Å². The monoisotopic (exact) mass is 275 g/mol. The Labute approximate surface area is 116 Å². The summed E-state index contributed by atoms with van der Waals surface area (Å²) in [6.07, 6.45) is 0.970. The zero-order valence-electron chi connectivity index (χ0n) is 11.1. The summed E-state index contributed by atoms with van der Waals surface area (Å²) in [5.74, 6) is -0.253. The maximum atomic E-state index is 10.8. The van der Waals surface area contributed by atoms with Gasteiger partial charge in [-0.05, 0) is 12.1 Å². The number of para-hydroxylation sites is 1. The van der Waals surface area contributed by atoms with E-state index in [0.29, 0.717) is 5.56 Å². The first-order valence-corrected chi connectivity index (χ1v) is 6.28. The predicted molar refractivity (Wildman–Crippen MR) is 73.2 cm³/mol. The molecule has 6 nitrogen and oxygen atoms in total. The van der Waals surface area contributed by atoms with Crippen molar-refractivity contribution in [3.8, 4) is 5.69 Å². The fraction of sp³-hybridized carbons (Fsp3) is 0.286. The Hall–Kier alpha value is -2.18. The van der Waals surface area contributed by atoms with Gasteiger partial charge >= 0.3 is 0 Å². The molecule has 2 unspecified atom stereocenters. The molecule has 1 amide bonds. The van der Waals surface area contributed by atoms with Gasteiger partial charge in [-0.25, -0.2) is 4.68 Å². The fourth-order valence-corrected chi connectivity index (χ4v) is 1.79. The molecule has 20 heavy (non-hydrogen) atoms. The van der Waals surface area contributed by atoms with E-state index in [2.05, 4.69) is 10.4 Å². The van der Waals surface area contributed by atoms with E-state index in [1.807, 2.05) is 30.3 Å². The van der Waals surface area contributed by atoms with Crippen molar-refractivity contribution in [1.29, 1.82) is 0 Å². The molecule has 1 aromatic heterocycles. The standard InChI is InChI=1S/C14H17N3O3/c1-10(18)15-8-13(19)14(20)11-7-16-17(9-11)12-5-3-2-4-6-12/h2-7,9,13-14,19-20H,8H2,1H3,(H,15,18). The normalized spacial score (nSPS) is 13.8. The first-order chi connectivity index (χ1) is 9.58. The molecule has 0 saturated carbocycles. The van der Waals surface area contributed by atoms with Gasteiger partial charge in [0.2, 0.25) is 5.91 Å². The molecule has 3 N–H and O–H groups in total. The molecule has 0 saturated heterocycles. The number of hydrogen-bond donors (Lipinski definition) is 3. The molecule has 0 aliphatic heterocycles. The second-order valence-electron chi connectivity index (χ2n) is 4.50. The predicted octanol–water partition coefficient (Wildman–Crippen LogP) is 0.403. The van der Waals surface area contributed by atoms with Crippen molar-refractivity contribution < 1.29 is 15.0 Å². The summed E-state index contributed by atoms with van der Waals surface area (Å²) in [4.78, 5) is 10.8. The summed E-state index contributed by atoms with van der Waals surface area (Å²) in [6, 6.07) is 9.45. The van der Waals surface area contributed by atoms with Crippen molar-refractivity contribution in [2.24, 2.45) is 0 Å². The second-order valence-corrected chi connectivity index (χ2v) is 4.50. The van der Waals surface area contributed by atoms with Crippen molar-refractivity contribution >= 4 is 5.91 Å². The number of rotatable bonds is 5. The molecule has 1 heterocycles. The number of hydrogen-bond acceptors (Lipinski definition) is 4. The van der Waals surface area contributed by atoms with E-state index in [4.69, 9.17) is 0 Å². The van der Waals surface area contributed by atoms with Gasteiger partial charge in [0.15, 0.2) is 0 Å². The Morgan fingerprint density at radius 2 is 2.05 bits per heavy atom.